The summed E-state index contributed by atoms with van der Waals surface area (Å²) in [5.74, 6) is -0.555. The van der Waals surface area contributed by atoms with Crippen molar-refractivity contribution in [3.63, 3.8) is 0 Å². The summed E-state index contributed by atoms with van der Waals surface area (Å²) in [4.78, 5) is 0. The fourth-order valence-corrected chi connectivity index (χ4v) is 3.19. The quantitative estimate of drug-likeness (QED) is 0.266. The molecule has 1 unspecified atom stereocenters. The number of allylic oxidation sites excluding steroid dienone is 4. The third-order valence-electron chi connectivity index (χ3n) is 4.45. The Balaban J connectivity index is 2.63. The maximum Gasteiger partial charge on any atom is 0.176 e. The van der Waals surface area contributed by atoms with Gasteiger partial charge in [-0.2, -0.15) is 0 Å². The molecule has 1 atom stereocenters. The van der Waals surface area contributed by atoms with Crippen LogP contribution in [0.3, 0.4) is 0 Å². The molecule has 1 aromatic rings. The first-order valence-electron chi connectivity index (χ1n) is 8.93. The average molecular weight is 344 g/mol. The van der Waals surface area contributed by atoms with E-state index in [4.69, 9.17) is 4.74 Å². The summed E-state index contributed by atoms with van der Waals surface area (Å²) in [6, 6.07) is 0. The smallest absolute Gasteiger partial charge is 0.176 e. The van der Waals surface area contributed by atoms with Crippen LogP contribution in [0, 0.1) is 0 Å². The molecule has 0 saturated heterocycles. The van der Waals surface area contributed by atoms with Crippen LogP contribution in [0.25, 0.3) is 6.08 Å². The normalized spacial score (nSPS) is 18.0. The van der Waals surface area contributed by atoms with Gasteiger partial charge in [-0.3, -0.25) is 0 Å². The number of hydrogen-bond donors (Lipinski definition) is 3. The van der Waals surface area contributed by atoms with Gasteiger partial charge in [0.05, 0.1) is 17.4 Å². The molecule has 1 aliphatic rings. The van der Waals surface area contributed by atoms with E-state index < -0.39 is 0 Å². The first kappa shape index (κ1) is 19.0. The lowest BCUT2D eigenvalue weighted by Gasteiger charge is -2.24. The monoisotopic (exact) mass is 344 g/mol. The zero-order valence-electron chi connectivity index (χ0n) is 15.2. The van der Waals surface area contributed by atoms with E-state index in [-0.39, 0.29) is 34.5 Å². The van der Waals surface area contributed by atoms with E-state index in [1.165, 1.54) is 11.8 Å². The topological polar surface area (TPSA) is 69.9 Å². The van der Waals surface area contributed by atoms with Crippen LogP contribution in [-0.4, -0.2) is 15.3 Å². The lowest BCUT2D eigenvalue weighted by atomic mass is 9.84. The van der Waals surface area contributed by atoms with Gasteiger partial charge in [0, 0.05) is 5.92 Å². The van der Waals surface area contributed by atoms with E-state index in [0.29, 0.717) is 5.56 Å². The Morgan fingerprint density at radius 3 is 2.60 bits per heavy atom. The Morgan fingerprint density at radius 2 is 1.96 bits per heavy atom. The van der Waals surface area contributed by atoms with Crippen molar-refractivity contribution in [3.05, 3.63) is 41.2 Å². The van der Waals surface area contributed by atoms with E-state index in [9.17, 15) is 15.3 Å². The van der Waals surface area contributed by atoms with Crippen molar-refractivity contribution < 1.29 is 20.1 Å². The van der Waals surface area contributed by atoms with Gasteiger partial charge in [0.25, 0.3) is 0 Å². The molecule has 4 heteroatoms. The predicted octanol–water partition coefficient (Wildman–Crippen LogP) is 5.74. The van der Waals surface area contributed by atoms with Crippen molar-refractivity contribution in [2.75, 3.05) is 0 Å². The van der Waals surface area contributed by atoms with Crippen molar-refractivity contribution in [1.82, 2.24) is 0 Å². The number of phenolic OH excluding ortho intramolecular Hbond substituents is 3. The first-order valence-corrected chi connectivity index (χ1v) is 8.93. The molecule has 1 aliphatic carbocycles. The fourth-order valence-electron chi connectivity index (χ4n) is 3.19. The highest BCUT2D eigenvalue weighted by Gasteiger charge is 2.29. The number of aromatic hydroxyl groups is 3. The molecule has 0 radical (unpaired) electrons. The maximum atomic E-state index is 10.7. The Kier molecular flexibility index (Phi) is 6.57. The van der Waals surface area contributed by atoms with Crippen LogP contribution in [0.1, 0.15) is 69.9 Å². The highest BCUT2D eigenvalue weighted by atomic mass is 16.5. The molecule has 0 fully saturated rings. The molecule has 0 heterocycles. The van der Waals surface area contributed by atoms with Gasteiger partial charge in [-0.25, -0.2) is 0 Å². The van der Waals surface area contributed by atoms with Crippen molar-refractivity contribution >= 4 is 6.08 Å². The van der Waals surface area contributed by atoms with Crippen molar-refractivity contribution in [3.8, 4) is 23.0 Å². The third-order valence-corrected chi connectivity index (χ3v) is 4.45. The second-order valence-electron chi connectivity index (χ2n) is 6.49. The molecule has 1 aromatic carbocycles. The van der Waals surface area contributed by atoms with Gasteiger partial charge in [0.15, 0.2) is 23.0 Å². The number of rotatable bonds is 6. The lowest BCUT2D eigenvalue weighted by molar-refractivity contribution is 0.364. The van der Waals surface area contributed by atoms with Crippen LogP contribution in [0.15, 0.2) is 30.1 Å². The average Bonchev–Trinajstić information content (AvgIpc) is 2.60. The molecule has 0 amide bonds. The Morgan fingerprint density at radius 1 is 1.20 bits per heavy atom. The van der Waals surface area contributed by atoms with Crippen LogP contribution in [0.2, 0.25) is 0 Å². The summed E-state index contributed by atoms with van der Waals surface area (Å²) < 4.78 is 5.62. The molecule has 0 bridgehead atoms. The summed E-state index contributed by atoms with van der Waals surface area (Å²) >= 11 is 0. The second kappa shape index (κ2) is 8.65. The zero-order chi connectivity index (χ0) is 18.4. The summed E-state index contributed by atoms with van der Waals surface area (Å²) in [6.45, 7) is 5.91. The number of benzene rings is 1. The fraction of sp³-hybridized carbons (Fsp3) is 0.429. The number of phenols is 3. The minimum atomic E-state index is -0.302. The van der Waals surface area contributed by atoms with Crippen LogP contribution >= 0.6 is 0 Å². The van der Waals surface area contributed by atoms with E-state index >= 15 is 0 Å². The Labute approximate surface area is 149 Å². The molecule has 0 aliphatic heterocycles. The minimum Gasteiger partial charge on any atom is -0.504 e. The van der Waals surface area contributed by atoms with E-state index in [0.717, 1.165) is 32.1 Å². The van der Waals surface area contributed by atoms with Gasteiger partial charge in [0.2, 0.25) is 0 Å². The van der Waals surface area contributed by atoms with Crippen molar-refractivity contribution in [1.29, 1.82) is 0 Å². The van der Waals surface area contributed by atoms with Crippen LogP contribution < -0.4 is 4.74 Å². The molecular formula is C21H28O4. The summed E-state index contributed by atoms with van der Waals surface area (Å²) in [5.41, 5.74) is 1.86. The maximum absolute atomic E-state index is 10.7. The van der Waals surface area contributed by atoms with Gasteiger partial charge >= 0.3 is 0 Å². The zero-order valence-corrected chi connectivity index (χ0v) is 15.2. The van der Waals surface area contributed by atoms with Gasteiger partial charge < -0.3 is 20.1 Å². The Hall–Kier alpha value is -2.36. The summed E-state index contributed by atoms with van der Waals surface area (Å²) in [5, 5.41) is 31.8. The number of unbranched alkanes of at least 4 members (excludes halogenated alkanes) is 1. The van der Waals surface area contributed by atoms with Gasteiger partial charge in [-0.05, 0) is 39.5 Å². The highest BCUT2D eigenvalue weighted by Crippen LogP contribution is 2.52. The highest BCUT2D eigenvalue weighted by molar-refractivity contribution is 5.75. The van der Waals surface area contributed by atoms with E-state index in [1.807, 2.05) is 19.9 Å². The van der Waals surface area contributed by atoms with E-state index in [2.05, 4.69) is 13.0 Å². The molecule has 25 heavy (non-hydrogen) atoms. The predicted molar refractivity (Wildman–Crippen MR) is 101 cm³/mol. The second-order valence-corrected chi connectivity index (χ2v) is 6.49. The van der Waals surface area contributed by atoms with Crippen LogP contribution in [0.4, 0.5) is 0 Å². The first-order chi connectivity index (χ1) is 12.0. The molecular weight excluding hydrogens is 316 g/mol. The van der Waals surface area contributed by atoms with E-state index in [1.54, 1.807) is 12.2 Å². The Bertz CT molecular complexity index is 699. The largest absolute Gasteiger partial charge is 0.504 e. The molecule has 2 rings (SSSR count). The molecule has 0 aromatic heterocycles. The van der Waals surface area contributed by atoms with Crippen molar-refractivity contribution in [2.24, 2.45) is 0 Å². The number of hydrogen-bond acceptors (Lipinski definition) is 4. The summed E-state index contributed by atoms with van der Waals surface area (Å²) in [7, 11) is 0. The van der Waals surface area contributed by atoms with Gasteiger partial charge in [-0.1, -0.05) is 43.2 Å². The molecule has 0 saturated carbocycles. The molecule has 4 nitrogen and oxygen atoms in total. The minimum absolute atomic E-state index is 0.0977. The molecule has 3 N–H and O–H groups in total. The third kappa shape index (κ3) is 4.19. The molecule has 0 spiro atoms. The molecule has 136 valence electrons. The lowest BCUT2D eigenvalue weighted by Crippen LogP contribution is -2.05. The SMILES string of the molecule is CC=COc1c(O)c(/C=C/CCC)c(O)c(O)c1C1C=C(C)CCC1. The van der Waals surface area contributed by atoms with Gasteiger partial charge in [-0.15, -0.1) is 0 Å². The van der Waals surface area contributed by atoms with Crippen molar-refractivity contribution in [2.45, 2.75) is 58.8 Å². The number of ether oxygens (including phenoxy) is 1. The van der Waals surface area contributed by atoms with Crippen LogP contribution in [0.5, 0.6) is 23.0 Å². The summed E-state index contributed by atoms with van der Waals surface area (Å²) in [6.07, 6.45) is 13.4. The standard InChI is InChI=1S/C21H28O4/c1-4-6-7-11-16-18(22)20(24)17(15-10-8-9-14(3)13-15)21(19(16)23)25-12-5-2/h5,7,11-13,15,22-24H,4,6,8-10H2,1-3H3/b11-7+,12-5?. The van der Waals surface area contributed by atoms with Crippen LogP contribution in [-0.2, 0) is 0 Å². The van der Waals surface area contributed by atoms with Gasteiger partial charge in [0.1, 0.15) is 0 Å².